The Morgan fingerprint density at radius 3 is 2.92 bits per heavy atom. The Morgan fingerprint density at radius 2 is 2.19 bits per heavy atom. The number of furan rings is 1. The van der Waals surface area contributed by atoms with Gasteiger partial charge in [-0.1, -0.05) is 6.07 Å². The molecule has 7 heteroatoms. The molecule has 26 heavy (non-hydrogen) atoms. The van der Waals surface area contributed by atoms with Crippen LogP contribution in [-0.4, -0.2) is 22.0 Å². The fourth-order valence-electron chi connectivity index (χ4n) is 2.36. The van der Waals surface area contributed by atoms with E-state index in [-0.39, 0.29) is 18.4 Å². The van der Waals surface area contributed by atoms with Crippen LogP contribution in [0.25, 0.3) is 10.8 Å². The minimum absolute atomic E-state index is 0.0259. The van der Waals surface area contributed by atoms with Crippen LogP contribution < -0.4 is 10.1 Å². The molecule has 0 bridgehead atoms. The Hall–Kier alpha value is -2.67. The first-order valence-electron chi connectivity index (χ1n) is 8.39. The van der Waals surface area contributed by atoms with Crippen molar-refractivity contribution in [2.45, 2.75) is 39.8 Å². The van der Waals surface area contributed by atoms with Crippen molar-refractivity contribution in [3.05, 3.63) is 52.9 Å². The molecular formula is C19H21N3O3S. The van der Waals surface area contributed by atoms with Gasteiger partial charge in [0, 0.05) is 23.7 Å². The van der Waals surface area contributed by atoms with Crippen LogP contribution in [0.4, 0.5) is 0 Å². The van der Waals surface area contributed by atoms with Crippen LogP contribution in [0, 0.1) is 6.92 Å². The number of hydrogen-bond acceptors (Lipinski definition) is 6. The van der Waals surface area contributed by atoms with Crippen molar-refractivity contribution in [1.29, 1.82) is 0 Å². The molecule has 6 nitrogen and oxygen atoms in total. The van der Waals surface area contributed by atoms with Gasteiger partial charge in [0.25, 0.3) is 0 Å². The van der Waals surface area contributed by atoms with Gasteiger partial charge in [0.2, 0.25) is 11.8 Å². The Kier molecular flexibility index (Phi) is 5.68. The average Bonchev–Trinajstić information content (AvgIpc) is 3.22. The van der Waals surface area contributed by atoms with Crippen molar-refractivity contribution >= 4 is 17.2 Å². The lowest BCUT2D eigenvalue weighted by molar-refractivity contribution is -0.120. The van der Waals surface area contributed by atoms with E-state index in [0.29, 0.717) is 12.4 Å². The zero-order valence-corrected chi connectivity index (χ0v) is 15.8. The Bertz CT molecular complexity index is 886. The number of ether oxygens (including phenoxy) is 1. The van der Waals surface area contributed by atoms with Gasteiger partial charge in [0.1, 0.15) is 5.76 Å². The highest BCUT2D eigenvalue weighted by Gasteiger charge is 2.12. The molecule has 0 atom stereocenters. The third-order valence-electron chi connectivity index (χ3n) is 3.52. The number of carbonyl (C=O) groups excluding carboxylic acids is 1. The van der Waals surface area contributed by atoms with Gasteiger partial charge >= 0.3 is 0 Å². The third kappa shape index (κ3) is 4.70. The van der Waals surface area contributed by atoms with Gasteiger partial charge in [0.15, 0.2) is 10.8 Å². The molecule has 0 saturated carbocycles. The van der Waals surface area contributed by atoms with Gasteiger partial charge < -0.3 is 14.5 Å². The van der Waals surface area contributed by atoms with Crippen LogP contribution in [0.3, 0.4) is 0 Å². The molecule has 0 unspecified atom stereocenters. The lowest BCUT2D eigenvalue weighted by Gasteiger charge is -2.13. The molecule has 0 radical (unpaired) electrons. The van der Waals surface area contributed by atoms with E-state index in [0.717, 1.165) is 27.8 Å². The number of pyridine rings is 1. The average molecular weight is 371 g/mol. The van der Waals surface area contributed by atoms with Gasteiger partial charge in [-0.15, -0.1) is 11.3 Å². The lowest BCUT2D eigenvalue weighted by Crippen LogP contribution is -2.25. The fraction of sp³-hybridized carbons (Fsp3) is 0.316. The molecular weight excluding hydrogens is 350 g/mol. The highest BCUT2D eigenvalue weighted by molar-refractivity contribution is 7.13. The molecule has 3 aromatic heterocycles. The van der Waals surface area contributed by atoms with E-state index >= 15 is 0 Å². The smallest absolute Gasteiger partial charge is 0.226 e. The van der Waals surface area contributed by atoms with Gasteiger partial charge in [-0.05, 0) is 39.0 Å². The second-order valence-corrected chi connectivity index (χ2v) is 7.00. The van der Waals surface area contributed by atoms with Crippen molar-refractivity contribution in [2.24, 2.45) is 0 Å². The first kappa shape index (κ1) is 18.1. The number of nitrogens with one attached hydrogen (secondary N) is 1. The number of carbonyl (C=O) groups is 1. The molecule has 0 aliphatic rings. The molecule has 0 aromatic carbocycles. The zero-order chi connectivity index (χ0) is 18.5. The molecule has 1 N–H and O–H groups in total. The van der Waals surface area contributed by atoms with Gasteiger partial charge in [-0.3, -0.25) is 4.79 Å². The topological polar surface area (TPSA) is 77.2 Å². The predicted molar refractivity (Wildman–Crippen MR) is 100 cm³/mol. The Balaban J connectivity index is 1.58. The van der Waals surface area contributed by atoms with Crippen molar-refractivity contribution in [3.8, 4) is 16.6 Å². The maximum Gasteiger partial charge on any atom is 0.226 e. The van der Waals surface area contributed by atoms with E-state index in [1.807, 2.05) is 50.4 Å². The molecule has 0 saturated heterocycles. The van der Waals surface area contributed by atoms with Crippen LogP contribution in [0.1, 0.15) is 30.9 Å². The standard InChI is InChI=1S/C19H21N3O3S/c1-12(2)24-18-14(5-4-8-20-18)10-21-17(23)9-15-11-26-19(22-15)16-7-6-13(3)25-16/h4-8,11-12H,9-10H2,1-3H3,(H,21,23). The molecule has 3 heterocycles. The number of amides is 1. The maximum absolute atomic E-state index is 12.2. The molecule has 1 amide bonds. The second-order valence-electron chi connectivity index (χ2n) is 6.14. The van der Waals surface area contributed by atoms with E-state index < -0.39 is 0 Å². The number of aryl methyl sites for hydroxylation is 1. The summed E-state index contributed by atoms with van der Waals surface area (Å²) in [6, 6.07) is 7.50. The van der Waals surface area contributed by atoms with E-state index in [1.54, 1.807) is 6.20 Å². The van der Waals surface area contributed by atoms with E-state index in [4.69, 9.17) is 9.15 Å². The largest absolute Gasteiger partial charge is 0.475 e. The highest BCUT2D eigenvalue weighted by Crippen LogP contribution is 2.25. The SMILES string of the molecule is Cc1ccc(-c2nc(CC(=O)NCc3cccnc3OC(C)C)cs2)o1. The molecule has 136 valence electrons. The zero-order valence-electron chi connectivity index (χ0n) is 15.0. The van der Waals surface area contributed by atoms with Gasteiger partial charge in [0.05, 0.1) is 18.2 Å². The van der Waals surface area contributed by atoms with Crippen molar-refractivity contribution < 1.29 is 13.9 Å². The summed E-state index contributed by atoms with van der Waals surface area (Å²) in [5, 5.41) is 5.55. The summed E-state index contributed by atoms with van der Waals surface area (Å²) in [5.74, 6) is 2.01. The summed E-state index contributed by atoms with van der Waals surface area (Å²) >= 11 is 1.47. The summed E-state index contributed by atoms with van der Waals surface area (Å²) in [5.41, 5.74) is 1.57. The lowest BCUT2D eigenvalue weighted by atomic mass is 10.2. The molecule has 0 aliphatic heterocycles. The van der Waals surface area contributed by atoms with E-state index in [1.165, 1.54) is 11.3 Å². The van der Waals surface area contributed by atoms with Crippen LogP contribution in [-0.2, 0) is 17.8 Å². The molecule has 3 aromatic rings. The highest BCUT2D eigenvalue weighted by atomic mass is 32.1. The third-order valence-corrected chi connectivity index (χ3v) is 4.42. The normalized spacial score (nSPS) is 10.9. The number of thiazole rings is 1. The van der Waals surface area contributed by atoms with Crippen LogP contribution in [0.2, 0.25) is 0 Å². The van der Waals surface area contributed by atoms with Crippen LogP contribution in [0.15, 0.2) is 40.3 Å². The van der Waals surface area contributed by atoms with E-state index in [9.17, 15) is 4.79 Å². The minimum atomic E-state index is -0.100. The van der Waals surface area contributed by atoms with Crippen molar-refractivity contribution in [2.75, 3.05) is 0 Å². The summed E-state index contributed by atoms with van der Waals surface area (Å²) in [7, 11) is 0. The molecule has 0 aliphatic carbocycles. The van der Waals surface area contributed by atoms with Crippen LogP contribution >= 0.6 is 11.3 Å². The summed E-state index contributed by atoms with van der Waals surface area (Å²) in [6.45, 7) is 6.14. The molecule has 0 fully saturated rings. The summed E-state index contributed by atoms with van der Waals surface area (Å²) < 4.78 is 11.2. The van der Waals surface area contributed by atoms with Gasteiger partial charge in [-0.2, -0.15) is 0 Å². The maximum atomic E-state index is 12.2. The first-order chi connectivity index (χ1) is 12.5. The monoisotopic (exact) mass is 371 g/mol. The number of nitrogens with zero attached hydrogens (tertiary/aromatic N) is 2. The molecule has 0 spiro atoms. The Morgan fingerprint density at radius 1 is 1.35 bits per heavy atom. The van der Waals surface area contributed by atoms with Crippen molar-refractivity contribution in [1.82, 2.24) is 15.3 Å². The van der Waals surface area contributed by atoms with Crippen LogP contribution in [0.5, 0.6) is 5.88 Å². The Labute approximate surface area is 156 Å². The predicted octanol–water partition coefficient (Wildman–Crippen LogP) is 3.75. The number of aromatic nitrogens is 2. The van der Waals surface area contributed by atoms with Crippen molar-refractivity contribution in [3.63, 3.8) is 0 Å². The molecule has 3 rings (SSSR count). The number of rotatable bonds is 7. The number of hydrogen-bond donors (Lipinski definition) is 1. The van der Waals surface area contributed by atoms with Gasteiger partial charge in [-0.25, -0.2) is 9.97 Å². The minimum Gasteiger partial charge on any atom is -0.475 e. The first-order valence-corrected chi connectivity index (χ1v) is 9.27. The summed E-state index contributed by atoms with van der Waals surface area (Å²) in [6.07, 6.45) is 1.92. The van der Waals surface area contributed by atoms with E-state index in [2.05, 4.69) is 15.3 Å². The summed E-state index contributed by atoms with van der Waals surface area (Å²) in [4.78, 5) is 20.9. The second kappa shape index (κ2) is 8.14. The fourth-order valence-corrected chi connectivity index (χ4v) is 3.14. The quantitative estimate of drug-likeness (QED) is 0.684.